The van der Waals surface area contributed by atoms with E-state index in [0.29, 0.717) is 0 Å². The summed E-state index contributed by atoms with van der Waals surface area (Å²) in [4.78, 5) is 0. The van der Waals surface area contributed by atoms with E-state index in [0.717, 1.165) is 30.9 Å². The molecule has 1 heterocycles. The van der Waals surface area contributed by atoms with Crippen molar-refractivity contribution in [2.24, 2.45) is 0 Å². The van der Waals surface area contributed by atoms with Crippen LogP contribution in [0.3, 0.4) is 0 Å². The number of aryl methyl sites for hydroxylation is 2. The highest BCUT2D eigenvalue weighted by Gasteiger charge is 2.15. The molecule has 0 bridgehead atoms. The monoisotopic (exact) mass is 293 g/mol. The van der Waals surface area contributed by atoms with E-state index < -0.39 is 0 Å². The molecule has 0 aliphatic carbocycles. The summed E-state index contributed by atoms with van der Waals surface area (Å²) >= 11 is 0. The van der Waals surface area contributed by atoms with Crippen LogP contribution in [-0.4, -0.2) is 6.54 Å². The lowest BCUT2D eigenvalue weighted by atomic mass is 10.00. The number of rotatable bonds is 5. The molecule has 0 saturated heterocycles. The Morgan fingerprint density at radius 3 is 2.41 bits per heavy atom. The number of furan rings is 1. The normalized spacial score (nSPS) is 11.2. The fourth-order valence-corrected chi connectivity index (χ4v) is 2.80. The molecule has 0 unspecified atom stereocenters. The molecule has 3 rings (SSSR count). The van der Waals surface area contributed by atoms with Gasteiger partial charge in [-0.05, 0) is 44.5 Å². The molecular weight excluding hydrogens is 270 g/mol. The molecule has 3 aromatic rings. The van der Waals surface area contributed by atoms with E-state index in [2.05, 4.69) is 68.6 Å². The second kappa shape index (κ2) is 6.37. The third kappa shape index (κ3) is 2.93. The molecule has 0 saturated carbocycles. The lowest BCUT2D eigenvalue weighted by Gasteiger charge is -2.05. The Morgan fingerprint density at radius 2 is 1.68 bits per heavy atom. The predicted octanol–water partition coefficient (Wildman–Crippen LogP) is 5.22. The van der Waals surface area contributed by atoms with Gasteiger partial charge in [-0.1, -0.05) is 48.4 Å². The Balaban J connectivity index is 2.12. The molecule has 2 heteroatoms. The molecule has 22 heavy (non-hydrogen) atoms. The second-order valence-corrected chi connectivity index (χ2v) is 5.94. The third-order valence-electron chi connectivity index (χ3n) is 3.97. The first-order valence-corrected chi connectivity index (χ1v) is 7.99. The molecule has 1 N–H and O–H groups in total. The number of hydrogen-bond acceptors (Lipinski definition) is 2. The highest BCUT2D eigenvalue weighted by Crippen LogP contribution is 2.35. The van der Waals surface area contributed by atoms with E-state index in [9.17, 15) is 0 Å². The van der Waals surface area contributed by atoms with E-state index in [1.54, 1.807) is 0 Å². The molecule has 2 nitrogen and oxygen atoms in total. The van der Waals surface area contributed by atoms with Gasteiger partial charge < -0.3 is 9.73 Å². The van der Waals surface area contributed by atoms with Crippen molar-refractivity contribution in [2.75, 3.05) is 6.54 Å². The van der Waals surface area contributed by atoms with Crippen molar-refractivity contribution >= 4 is 11.0 Å². The van der Waals surface area contributed by atoms with Crippen molar-refractivity contribution in [3.05, 3.63) is 59.4 Å². The van der Waals surface area contributed by atoms with Crippen molar-refractivity contribution in [2.45, 2.75) is 33.7 Å². The number of hydrogen-bond donors (Lipinski definition) is 1. The Labute approximate surface area is 132 Å². The number of nitrogens with one attached hydrogen (secondary N) is 1. The van der Waals surface area contributed by atoms with Gasteiger partial charge >= 0.3 is 0 Å². The average Bonchev–Trinajstić information content (AvgIpc) is 2.86. The maximum absolute atomic E-state index is 6.12. The van der Waals surface area contributed by atoms with Gasteiger partial charge in [0.05, 0.1) is 6.54 Å². The molecule has 0 atom stereocenters. The van der Waals surface area contributed by atoms with Crippen molar-refractivity contribution in [1.82, 2.24) is 5.32 Å². The van der Waals surface area contributed by atoms with Crippen molar-refractivity contribution in [3.8, 4) is 11.1 Å². The van der Waals surface area contributed by atoms with Crippen molar-refractivity contribution in [1.29, 1.82) is 0 Å². The minimum atomic E-state index is 0.769. The number of fused-ring (bicyclic) bond motifs is 1. The van der Waals surface area contributed by atoms with Crippen LogP contribution < -0.4 is 5.32 Å². The minimum absolute atomic E-state index is 0.769. The van der Waals surface area contributed by atoms with Gasteiger partial charge in [0.15, 0.2) is 0 Å². The van der Waals surface area contributed by atoms with Gasteiger partial charge in [0.1, 0.15) is 11.3 Å². The topological polar surface area (TPSA) is 25.2 Å². The Hall–Kier alpha value is -2.06. The lowest BCUT2D eigenvalue weighted by molar-refractivity contribution is 0.515. The molecule has 0 aliphatic rings. The molecule has 0 radical (unpaired) electrons. The Morgan fingerprint density at radius 1 is 0.955 bits per heavy atom. The molecule has 114 valence electrons. The molecule has 0 spiro atoms. The van der Waals surface area contributed by atoms with Crippen LogP contribution in [0.25, 0.3) is 22.1 Å². The zero-order valence-corrected chi connectivity index (χ0v) is 13.6. The highest BCUT2D eigenvalue weighted by molar-refractivity contribution is 5.96. The zero-order chi connectivity index (χ0) is 15.5. The fourth-order valence-electron chi connectivity index (χ4n) is 2.80. The van der Waals surface area contributed by atoms with Crippen LogP contribution in [0.5, 0.6) is 0 Å². The Kier molecular flexibility index (Phi) is 4.30. The van der Waals surface area contributed by atoms with Crippen LogP contribution in [-0.2, 0) is 6.54 Å². The molecule has 0 amide bonds. The summed E-state index contributed by atoms with van der Waals surface area (Å²) in [6.45, 7) is 8.19. The maximum Gasteiger partial charge on any atom is 0.135 e. The first-order chi connectivity index (χ1) is 10.7. The molecule has 0 aliphatic heterocycles. The molecular formula is C20H23NO. The van der Waals surface area contributed by atoms with E-state index in [-0.39, 0.29) is 0 Å². The van der Waals surface area contributed by atoms with Gasteiger partial charge in [-0.3, -0.25) is 0 Å². The van der Waals surface area contributed by atoms with Gasteiger partial charge in [-0.2, -0.15) is 0 Å². The fraction of sp³-hybridized carbons (Fsp3) is 0.300. The van der Waals surface area contributed by atoms with E-state index in [1.807, 2.05) is 0 Å². The third-order valence-corrected chi connectivity index (χ3v) is 3.97. The smallest absolute Gasteiger partial charge is 0.135 e. The maximum atomic E-state index is 6.12. The van der Waals surface area contributed by atoms with Crippen LogP contribution in [0.4, 0.5) is 0 Å². The molecule has 2 aromatic carbocycles. The Bertz CT molecular complexity index is 768. The molecule has 0 fully saturated rings. The van der Waals surface area contributed by atoms with E-state index in [1.165, 1.54) is 27.6 Å². The van der Waals surface area contributed by atoms with Gasteiger partial charge in [0.25, 0.3) is 0 Å². The SMILES string of the molecule is CCCNCc1oc2ccc(C)cc2c1-c1ccc(C)cc1. The van der Waals surface area contributed by atoms with E-state index >= 15 is 0 Å². The van der Waals surface area contributed by atoms with Gasteiger partial charge in [0.2, 0.25) is 0 Å². The summed E-state index contributed by atoms with van der Waals surface area (Å²) in [5, 5.41) is 4.66. The van der Waals surface area contributed by atoms with Crippen LogP contribution in [0, 0.1) is 13.8 Å². The second-order valence-electron chi connectivity index (χ2n) is 5.94. The van der Waals surface area contributed by atoms with Gasteiger partial charge in [-0.15, -0.1) is 0 Å². The van der Waals surface area contributed by atoms with Crippen LogP contribution >= 0.6 is 0 Å². The summed E-state index contributed by atoms with van der Waals surface area (Å²) in [5.74, 6) is 1.03. The average molecular weight is 293 g/mol. The van der Waals surface area contributed by atoms with E-state index in [4.69, 9.17) is 4.42 Å². The summed E-state index contributed by atoms with van der Waals surface area (Å²) < 4.78 is 6.12. The van der Waals surface area contributed by atoms with Crippen molar-refractivity contribution < 1.29 is 4.42 Å². The lowest BCUT2D eigenvalue weighted by Crippen LogP contribution is -2.13. The van der Waals surface area contributed by atoms with Crippen molar-refractivity contribution in [3.63, 3.8) is 0 Å². The largest absolute Gasteiger partial charge is 0.459 e. The summed E-state index contributed by atoms with van der Waals surface area (Å²) in [7, 11) is 0. The first-order valence-electron chi connectivity index (χ1n) is 7.99. The predicted molar refractivity (Wildman–Crippen MR) is 93.1 cm³/mol. The van der Waals surface area contributed by atoms with Crippen LogP contribution in [0.1, 0.15) is 30.2 Å². The quantitative estimate of drug-likeness (QED) is 0.653. The highest BCUT2D eigenvalue weighted by atomic mass is 16.3. The summed E-state index contributed by atoms with van der Waals surface area (Å²) in [5.41, 5.74) is 5.95. The van der Waals surface area contributed by atoms with Gasteiger partial charge in [-0.25, -0.2) is 0 Å². The summed E-state index contributed by atoms with van der Waals surface area (Å²) in [6, 6.07) is 15.1. The summed E-state index contributed by atoms with van der Waals surface area (Å²) in [6.07, 6.45) is 1.12. The van der Waals surface area contributed by atoms with Gasteiger partial charge in [0, 0.05) is 10.9 Å². The standard InChI is InChI=1S/C20H23NO/c1-4-11-21-13-19-20(16-8-5-14(2)6-9-16)17-12-15(3)7-10-18(17)22-19/h5-10,12,21H,4,11,13H2,1-3H3. The van der Waals surface area contributed by atoms with Crippen LogP contribution in [0.2, 0.25) is 0 Å². The van der Waals surface area contributed by atoms with Crippen LogP contribution in [0.15, 0.2) is 46.9 Å². The number of benzene rings is 2. The zero-order valence-electron chi connectivity index (χ0n) is 13.6. The first kappa shape index (κ1) is 14.9. The minimum Gasteiger partial charge on any atom is -0.459 e. The molecule has 1 aromatic heterocycles.